The van der Waals surface area contributed by atoms with E-state index in [1.807, 2.05) is 6.92 Å². The molecular formula is C17H27NO. The molecule has 2 rings (SSSR count). The van der Waals surface area contributed by atoms with Crippen LogP contribution in [0.3, 0.4) is 0 Å². The van der Waals surface area contributed by atoms with Gasteiger partial charge in [-0.15, -0.1) is 0 Å². The second-order valence-corrected chi connectivity index (χ2v) is 6.34. The Bertz CT molecular complexity index is 402. The van der Waals surface area contributed by atoms with Crippen molar-refractivity contribution in [3.05, 3.63) is 29.8 Å². The van der Waals surface area contributed by atoms with Gasteiger partial charge >= 0.3 is 0 Å². The van der Waals surface area contributed by atoms with Gasteiger partial charge in [0, 0.05) is 6.04 Å². The molecule has 0 heterocycles. The summed E-state index contributed by atoms with van der Waals surface area (Å²) in [6.07, 6.45) is 4.94. The number of rotatable bonds is 4. The van der Waals surface area contributed by atoms with Crippen LogP contribution >= 0.6 is 0 Å². The van der Waals surface area contributed by atoms with Gasteiger partial charge in [-0.1, -0.05) is 26.0 Å². The Kier molecular flexibility index (Phi) is 4.87. The van der Waals surface area contributed by atoms with E-state index >= 15 is 0 Å². The largest absolute Gasteiger partial charge is 0.490 e. The summed E-state index contributed by atoms with van der Waals surface area (Å²) in [5, 5.41) is 0. The van der Waals surface area contributed by atoms with E-state index in [4.69, 9.17) is 10.5 Å². The SMILES string of the molecule is CC(N)Cc1cccc(OC2CCC(C)C(C)C2)c1. The second kappa shape index (κ2) is 6.42. The van der Waals surface area contributed by atoms with E-state index in [-0.39, 0.29) is 6.04 Å². The molecule has 1 aliphatic carbocycles. The highest BCUT2D eigenvalue weighted by molar-refractivity contribution is 5.29. The quantitative estimate of drug-likeness (QED) is 0.895. The summed E-state index contributed by atoms with van der Waals surface area (Å²) in [5.41, 5.74) is 7.12. The van der Waals surface area contributed by atoms with Crippen molar-refractivity contribution in [2.45, 2.75) is 58.6 Å². The molecule has 4 atom stereocenters. The van der Waals surface area contributed by atoms with Gasteiger partial charge in [0.25, 0.3) is 0 Å². The summed E-state index contributed by atoms with van der Waals surface area (Å²) in [6.45, 7) is 6.73. The van der Waals surface area contributed by atoms with Crippen LogP contribution in [-0.4, -0.2) is 12.1 Å². The van der Waals surface area contributed by atoms with E-state index in [9.17, 15) is 0 Å². The van der Waals surface area contributed by atoms with Gasteiger partial charge in [-0.2, -0.15) is 0 Å². The Labute approximate surface area is 117 Å². The van der Waals surface area contributed by atoms with E-state index in [1.54, 1.807) is 0 Å². The average molecular weight is 261 g/mol. The molecule has 0 aromatic heterocycles. The van der Waals surface area contributed by atoms with E-state index in [2.05, 4.69) is 38.1 Å². The molecule has 0 amide bonds. The highest BCUT2D eigenvalue weighted by Crippen LogP contribution is 2.31. The molecule has 0 spiro atoms. The highest BCUT2D eigenvalue weighted by atomic mass is 16.5. The fraction of sp³-hybridized carbons (Fsp3) is 0.647. The lowest BCUT2D eigenvalue weighted by Crippen LogP contribution is -2.28. The van der Waals surface area contributed by atoms with Crippen LogP contribution in [-0.2, 0) is 6.42 Å². The van der Waals surface area contributed by atoms with Crippen LogP contribution in [0.1, 0.15) is 45.6 Å². The predicted molar refractivity (Wildman–Crippen MR) is 80.4 cm³/mol. The Morgan fingerprint density at radius 2 is 2.05 bits per heavy atom. The Hall–Kier alpha value is -1.02. The van der Waals surface area contributed by atoms with Crippen LogP contribution in [0, 0.1) is 11.8 Å². The van der Waals surface area contributed by atoms with Crippen LogP contribution in [0.15, 0.2) is 24.3 Å². The monoisotopic (exact) mass is 261 g/mol. The Balaban J connectivity index is 1.95. The van der Waals surface area contributed by atoms with Crippen molar-refractivity contribution in [2.24, 2.45) is 17.6 Å². The summed E-state index contributed by atoms with van der Waals surface area (Å²) < 4.78 is 6.16. The smallest absolute Gasteiger partial charge is 0.119 e. The first kappa shape index (κ1) is 14.4. The second-order valence-electron chi connectivity index (χ2n) is 6.34. The zero-order valence-electron chi connectivity index (χ0n) is 12.4. The van der Waals surface area contributed by atoms with E-state index in [1.165, 1.54) is 24.8 Å². The molecule has 1 saturated carbocycles. The standard InChI is InChI=1S/C17H27NO/c1-12-7-8-17(9-13(12)2)19-16-6-4-5-15(11-16)10-14(3)18/h4-6,11-14,17H,7-10,18H2,1-3H3. The van der Waals surface area contributed by atoms with Crippen LogP contribution in [0.25, 0.3) is 0 Å². The Morgan fingerprint density at radius 1 is 1.26 bits per heavy atom. The molecule has 1 aliphatic rings. The fourth-order valence-electron chi connectivity index (χ4n) is 2.92. The normalized spacial score (nSPS) is 28.9. The number of hydrogen-bond donors (Lipinski definition) is 1. The molecule has 0 radical (unpaired) electrons. The minimum absolute atomic E-state index is 0.200. The van der Waals surface area contributed by atoms with Crippen molar-refractivity contribution in [3.63, 3.8) is 0 Å². The summed E-state index contributed by atoms with van der Waals surface area (Å²) in [4.78, 5) is 0. The molecular weight excluding hydrogens is 234 g/mol. The van der Waals surface area contributed by atoms with E-state index in [0.717, 1.165) is 24.0 Å². The molecule has 2 heteroatoms. The van der Waals surface area contributed by atoms with Crippen LogP contribution in [0.2, 0.25) is 0 Å². The van der Waals surface area contributed by atoms with Gasteiger partial charge in [-0.3, -0.25) is 0 Å². The van der Waals surface area contributed by atoms with Gasteiger partial charge in [-0.05, 0) is 62.1 Å². The molecule has 2 nitrogen and oxygen atoms in total. The van der Waals surface area contributed by atoms with Gasteiger partial charge in [0.1, 0.15) is 5.75 Å². The van der Waals surface area contributed by atoms with Crippen LogP contribution in [0.5, 0.6) is 5.75 Å². The summed E-state index contributed by atoms with van der Waals surface area (Å²) in [7, 11) is 0. The van der Waals surface area contributed by atoms with E-state index in [0.29, 0.717) is 6.10 Å². The number of nitrogens with two attached hydrogens (primary N) is 1. The maximum Gasteiger partial charge on any atom is 0.119 e. The summed E-state index contributed by atoms with van der Waals surface area (Å²) in [6, 6.07) is 8.61. The fourth-order valence-corrected chi connectivity index (χ4v) is 2.92. The van der Waals surface area contributed by atoms with Gasteiger partial charge in [0.15, 0.2) is 0 Å². The molecule has 1 aromatic carbocycles. The average Bonchev–Trinajstić information content (AvgIpc) is 2.33. The van der Waals surface area contributed by atoms with Crippen molar-refractivity contribution >= 4 is 0 Å². The first-order chi connectivity index (χ1) is 9.04. The molecule has 19 heavy (non-hydrogen) atoms. The lowest BCUT2D eigenvalue weighted by molar-refractivity contribution is 0.101. The number of hydrogen-bond acceptors (Lipinski definition) is 2. The highest BCUT2D eigenvalue weighted by Gasteiger charge is 2.25. The first-order valence-electron chi connectivity index (χ1n) is 7.55. The molecule has 0 saturated heterocycles. The van der Waals surface area contributed by atoms with Crippen molar-refractivity contribution < 1.29 is 4.74 Å². The first-order valence-corrected chi connectivity index (χ1v) is 7.55. The lowest BCUT2D eigenvalue weighted by Gasteiger charge is -2.32. The number of ether oxygens (including phenoxy) is 1. The topological polar surface area (TPSA) is 35.2 Å². The molecule has 0 aliphatic heterocycles. The Morgan fingerprint density at radius 3 is 2.74 bits per heavy atom. The van der Waals surface area contributed by atoms with Crippen LogP contribution in [0.4, 0.5) is 0 Å². The van der Waals surface area contributed by atoms with Crippen molar-refractivity contribution in [3.8, 4) is 5.75 Å². The molecule has 0 bridgehead atoms. The van der Waals surface area contributed by atoms with Gasteiger partial charge < -0.3 is 10.5 Å². The molecule has 4 unspecified atom stereocenters. The predicted octanol–water partition coefficient (Wildman–Crippen LogP) is 3.78. The summed E-state index contributed by atoms with van der Waals surface area (Å²) in [5.74, 6) is 2.61. The molecule has 1 aromatic rings. The van der Waals surface area contributed by atoms with Gasteiger partial charge in [0.2, 0.25) is 0 Å². The maximum absolute atomic E-state index is 6.16. The van der Waals surface area contributed by atoms with Gasteiger partial charge in [-0.25, -0.2) is 0 Å². The van der Waals surface area contributed by atoms with Crippen molar-refractivity contribution in [1.29, 1.82) is 0 Å². The zero-order valence-corrected chi connectivity index (χ0v) is 12.4. The number of benzene rings is 1. The molecule has 2 N–H and O–H groups in total. The van der Waals surface area contributed by atoms with E-state index < -0.39 is 0 Å². The lowest BCUT2D eigenvalue weighted by atomic mass is 9.80. The maximum atomic E-state index is 6.16. The molecule has 1 fully saturated rings. The minimum Gasteiger partial charge on any atom is -0.490 e. The summed E-state index contributed by atoms with van der Waals surface area (Å²) >= 11 is 0. The third-order valence-electron chi connectivity index (χ3n) is 4.31. The molecule has 106 valence electrons. The third-order valence-corrected chi connectivity index (χ3v) is 4.31. The van der Waals surface area contributed by atoms with Crippen LogP contribution < -0.4 is 10.5 Å². The third kappa shape index (κ3) is 4.24. The van der Waals surface area contributed by atoms with Gasteiger partial charge in [0.05, 0.1) is 6.10 Å². The van der Waals surface area contributed by atoms with Crippen molar-refractivity contribution in [1.82, 2.24) is 0 Å². The zero-order chi connectivity index (χ0) is 13.8. The van der Waals surface area contributed by atoms with Crippen molar-refractivity contribution in [2.75, 3.05) is 0 Å². The minimum atomic E-state index is 0.200.